The molecule has 16 heavy (non-hydrogen) atoms. The zero-order valence-corrected chi connectivity index (χ0v) is 9.41. The first kappa shape index (κ1) is 11.4. The summed E-state index contributed by atoms with van der Waals surface area (Å²) in [6.45, 7) is 1.90. The van der Waals surface area contributed by atoms with Crippen LogP contribution in [0.5, 0.6) is 0 Å². The highest BCUT2D eigenvalue weighted by Crippen LogP contribution is 2.26. The van der Waals surface area contributed by atoms with Gasteiger partial charge in [-0.3, -0.25) is 0 Å². The lowest BCUT2D eigenvalue weighted by atomic mass is 10.1. The molecule has 3 nitrogen and oxygen atoms in total. The maximum absolute atomic E-state index is 13.7. The first-order valence-corrected chi connectivity index (χ1v) is 5.57. The zero-order chi connectivity index (χ0) is 11.5. The Labute approximate surface area is 94.9 Å². The van der Waals surface area contributed by atoms with E-state index < -0.39 is 0 Å². The maximum atomic E-state index is 13.7. The number of benzene rings is 1. The molecule has 0 spiro atoms. The van der Waals surface area contributed by atoms with E-state index in [1.165, 1.54) is 6.07 Å². The van der Waals surface area contributed by atoms with Gasteiger partial charge in [-0.25, -0.2) is 4.39 Å². The van der Waals surface area contributed by atoms with Crippen LogP contribution in [0.25, 0.3) is 0 Å². The summed E-state index contributed by atoms with van der Waals surface area (Å²) in [6, 6.07) is 5.10. The summed E-state index contributed by atoms with van der Waals surface area (Å²) in [5.74, 6) is -0.187. The van der Waals surface area contributed by atoms with Gasteiger partial charge >= 0.3 is 0 Å². The minimum absolute atomic E-state index is 0.187. The Bertz CT molecular complexity index is 370. The Hall–Kier alpha value is -1.13. The molecule has 1 fully saturated rings. The van der Waals surface area contributed by atoms with Crippen LogP contribution in [0.2, 0.25) is 0 Å². The molecule has 1 unspecified atom stereocenters. The van der Waals surface area contributed by atoms with Crippen molar-refractivity contribution in [2.24, 2.45) is 0 Å². The third-order valence-electron chi connectivity index (χ3n) is 2.95. The fourth-order valence-corrected chi connectivity index (χ4v) is 2.16. The van der Waals surface area contributed by atoms with E-state index in [1.807, 2.05) is 11.0 Å². The Balaban J connectivity index is 2.28. The van der Waals surface area contributed by atoms with E-state index >= 15 is 0 Å². The number of nitrogens with zero attached hydrogens (tertiary/aromatic N) is 1. The summed E-state index contributed by atoms with van der Waals surface area (Å²) in [6.07, 6.45) is 0.473. The van der Waals surface area contributed by atoms with Crippen molar-refractivity contribution >= 4 is 5.69 Å². The van der Waals surface area contributed by atoms with Gasteiger partial charge in [0.2, 0.25) is 0 Å². The van der Waals surface area contributed by atoms with Crippen molar-refractivity contribution in [1.29, 1.82) is 0 Å². The molecule has 1 aliphatic rings. The Kier molecular flexibility index (Phi) is 3.41. The number of hydrogen-bond acceptors (Lipinski definition) is 3. The normalized spacial score (nSPS) is 20.4. The molecule has 2 N–H and O–H groups in total. The number of halogens is 1. The van der Waals surface area contributed by atoms with Crippen LogP contribution in [0.15, 0.2) is 18.2 Å². The van der Waals surface area contributed by atoms with E-state index in [0.717, 1.165) is 18.7 Å². The summed E-state index contributed by atoms with van der Waals surface area (Å²) in [7, 11) is 1.80. The van der Waals surface area contributed by atoms with Crippen molar-refractivity contribution in [3.05, 3.63) is 29.6 Å². The monoisotopic (exact) mass is 224 g/mol. The number of β-amino-alcohol motifs (C(OH)–C–C–N with tert-alkyl or cyclic N) is 1. The molecule has 0 aliphatic carbocycles. The fourth-order valence-electron chi connectivity index (χ4n) is 2.16. The highest BCUT2D eigenvalue weighted by molar-refractivity contribution is 5.55. The lowest BCUT2D eigenvalue weighted by Gasteiger charge is -2.21. The maximum Gasteiger partial charge on any atom is 0.129 e. The van der Waals surface area contributed by atoms with Gasteiger partial charge < -0.3 is 15.3 Å². The molecule has 0 bridgehead atoms. The molecule has 2 rings (SSSR count). The van der Waals surface area contributed by atoms with Gasteiger partial charge in [0.15, 0.2) is 0 Å². The molecule has 1 aromatic rings. The van der Waals surface area contributed by atoms with Crippen LogP contribution < -0.4 is 10.2 Å². The van der Waals surface area contributed by atoms with Gasteiger partial charge in [-0.15, -0.1) is 0 Å². The molecule has 1 saturated heterocycles. The van der Waals surface area contributed by atoms with Gasteiger partial charge in [0.05, 0.1) is 6.10 Å². The molecule has 0 saturated carbocycles. The van der Waals surface area contributed by atoms with Gasteiger partial charge in [-0.1, -0.05) is 6.07 Å². The molecule has 1 atom stereocenters. The summed E-state index contributed by atoms with van der Waals surface area (Å²) in [4.78, 5) is 2.04. The second kappa shape index (κ2) is 4.80. The van der Waals surface area contributed by atoms with Crippen LogP contribution in [0.3, 0.4) is 0 Å². The van der Waals surface area contributed by atoms with Crippen molar-refractivity contribution in [3.63, 3.8) is 0 Å². The zero-order valence-electron chi connectivity index (χ0n) is 9.41. The fraction of sp³-hybridized carbons (Fsp3) is 0.500. The van der Waals surface area contributed by atoms with Crippen molar-refractivity contribution in [2.75, 3.05) is 25.0 Å². The van der Waals surface area contributed by atoms with Crippen LogP contribution in [0, 0.1) is 5.82 Å². The highest BCUT2D eigenvalue weighted by atomic mass is 19.1. The Morgan fingerprint density at radius 3 is 3.00 bits per heavy atom. The lowest BCUT2D eigenvalue weighted by Crippen LogP contribution is -2.24. The molecule has 1 aromatic carbocycles. The first-order chi connectivity index (χ1) is 7.72. The SMILES string of the molecule is CNCc1c(F)cccc1N1CCC(O)C1. The van der Waals surface area contributed by atoms with Crippen LogP contribution in [-0.4, -0.2) is 31.3 Å². The Morgan fingerprint density at radius 1 is 1.56 bits per heavy atom. The van der Waals surface area contributed by atoms with Crippen molar-refractivity contribution < 1.29 is 9.50 Å². The van der Waals surface area contributed by atoms with Crippen molar-refractivity contribution in [1.82, 2.24) is 5.32 Å². The van der Waals surface area contributed by atoms with Gasteiger partial charge in [-0.05, 0) is 25.6 Å². The topological polar surface area (TPSA) is 35.5 Å². The second-order valence-corrected chi connectivity index (χ2v) is 4.16. The van der Waals surface area contributed by atoms with Crippen LogP contribution in [0.1, 0.15) is 12.0 Å². The molecular formula is C12H17FN2O. The second-order valence-electron chi connectivity index (χ2n) is 4.16. The van der Waals surface area contributed by atoms with E-state index in [9.17, 15) is 9.50 Å². The van der Waals surface area contributed by atoms with Gasteiger partial charge in [0.1, 0.15) is 5.82 Å². The number of rotatable bonds is 3. The summed E-state index contributed by atoms with van der Waals surface area (Å²) >= 11 is 0. The van der Waals surface area contributed by atoms with E-state index in [4.69, 9.17) is 0 Å². The summed E-state index contributed by atoms with van der Waals surface area (Å²) in [5.41, 5.74) is 1.57. The molecule has 0 aromatic heterocycles. The van der Waals surface area contributed by atoms with E-state index in [-0.39, 0.29) is 11.9 Å². The standard InChI is InChI=1S/C12H17FN2O/c1-14-7-10-11(13)3-2-4-12(10)15-6-5-9(16)8-15/h2-4,9,14,16H,5-8H2,1H3. The Morgan fingerprint density at radius 2 is 2.38 bits per heavy atom. The van der Waals surface area contributed by atoms with Gasteiger partial charge in [0, 0.05) is 30.9 Å². The molecule has 4 heteroatoms. The first-order valence-electron chi connectivity index (χ1n) is 5.57. The number of aliphatic hydroxyl groups is 1. The molecule has 1 heterocycles. The average molecular weight is 224 g/mol. The van der Waals surface area contributed by atoms with Crippen molar-refractivity contribution in [3.8, 4) is 0 Å². The van der Waals surface area contributed by atoms with Crippen molar-refractivity contribution in [2.45, 2.75) is 19.1 Å². The van der Waals surface area contributed by atoms with E-state index in [1.54, 1.807) is 13.1 Å². The molecular weight excluding hydrogens is 207 g/mol. The number of nitrogens with one attached hydrogen (secondary N) is 1. The summed E-state index contributed by atoms with van der Waals surface area (Å²) in [5, 5.41) is 12.5. The lowest BCUT2D eigenvalue weighted by molar-refractivity contribution is 0.198. The third kappa shape index (κ3) is 2.18. The number of aliphatic hydroxyl groups excluding tert-OH is 1. The summed E-state index contributed by atoms with van der Waals surface area (Å²) < 4.78 is 13.7. The smallest absolute Gasteiger partial charge is 0.129 e. The van der Waals surface area contributed by atoms with Crippen LogP contribution in [0.4, 0.5) is 10.1 Å². The average Bonchev–Trinajstić information content (AvgIpc) is 2.68. The van der Waals surface area contributed by atoms with Gasteiger partial charge in [0.25, 0.3) is 0 Å². The van der Waals surface area contributed by atoms with Gasteiger partial charge in [-0.2, -0.15) is 0 Å². The predicted molar refractivity (Wildman–Crippen MR) is 62.0 cm³/mol. The molecule has 88 valence electrons. The minimum Gasteiger partial charge on any atom is -0.391 e. The minimum atomic E-state index is -0.286. The quantitative estimate of drug-likeness (QED) is 0.807. The third-order valence-corrected chi connectivity index (χ3v) is 2.95. The van der Waals surface area contributed by atoms with E-state index in [2.05, 4.69) is 5.32 Å². The number of anilines is 1. The molecule has 1 aliphatic heterocycles. The predicted octanol–water partition coefficient (Wildman–Crippen LogP) is 1.12. The van der Waals surface area contributed by atoms with Crippen LogP contribution >= 0.6 is 0 Å². The van der Waals surface area contributed by atoms with Crippen LogP contribution in [-0.2, 0) is 6.54 Å². The molecule has 0 radical (unpaired) electrons. The number of hydrogen-bond donors (Lipinski definition) is 2. The largest absolute Gasteiger partial charge is 0.391 e. The molecule has 0 amide bonds. The highest BCUT2D eigenvalue weighted by Gasteiger charge is 2.23. The van der Waals surface area contributed by atoms with E-state index in [0.29, 0.717) is 18.7 Å².